The van der Waals surface area contributed by atoms with E-state index in [1.165, 1.54) is 6.07 Å². The van der Waals surface area contributed by atoms with Crippen molar-refractivity contribution < 1.29 is 15.0 Å². The largest absolute Gasteiger partial charge is 0.504 e. The van der Waals surface area contributed by atoms with Crippen LogP contribution in [0, 0.1) is 6.92 Å². The Hall–Kier alpha value is -1.26. The van der Waals surface area contributed by atoms with Gasteiger partial charge in [0.2, 0.25) is 0 Å². The highest BCUT2D eigenvalue weighted by Gasteiger charge is 2.18. The molecule has 1 aromatic rings. The van der Waals surface area contributed by atoms with Crippen LogP contribution in [0.25, 0.3) is 0 Å². The fourth-order valence-electron chi connectivity index (χ4n) is 1.16. The van der Waals surface area contributed by atoms with Crippen LogP contribution in [-0.2, 0) is 0 Å². The Balaban J connectivity index is 3.47. The van der Waals surface area contributed by atoms with Gasteiger partial charge in [0, 0.05) is 11.1 Å². The maximum absolute atomic E-state index is 11.3. The number of phenols is 2. The van der Waals surface area contributed by atoms with Crippen LogP contribution in [0.5, 0.6) is 11.5 Å². The van der Waals surface area contributed by atoms with E-state index in [1.54, 1.807) is 6.92 Å². The van der Waals surface area contributed by atoms with Gasteiger partial charge >= 0.3 is 0 Å². The molecule has 14 heavy (non-hydrogen) atoms. The lowest BCUT2D eigenvalue weighted by molar-refractivity contribution is 0.0997. The van der Waals surface area contributed by atoms with Crippen molar-refractivity contribution in [1.82, 2.24) is 0 Å². The normalized spacial score (nSPS) is 10.2. The Morgan fingerprint density at radius 3 is 2.64 bits per heavy atom. The lowest BCUT2D eigenvalue weighted by Gasteiger charge is -2.09. The van der Waals surface area contributed by atoms with Crippen LogP contribution in [0.15, 0.2) is 6.07 Å². The Bertz CT molecular complexity index is 364. The minimum Gasteiger partial charge on any atom is -0.504 e. The highest BCUT2D eigenvalue weighted by atomic mass is 35.5. The zero-order chi connectivity index (χ0) is 10.9. The summed E-state index contributed by atoms with van der Waals surface area (Å²) >= 11 is 5.73. The molecule has 0 bridgehead atoms. The number of ketones is 1. The number of Topliss-reactive ketones (excluding diaryl/α,β-unsaturated/α-hetero) is 1. The summed E-state index contributed by atoms with van der Waals surface area (Å²) in [6.45, 7) is 1.33. The Morgan fingerprint density at radius 2 is 2.14 bits per heavy atom. The van der Waals surface area contributed by atoms with Crippen molar-refractivity contribution in [2.24, 2.45) is 5.73 Å². The third-order valence-electron chi connectivity index (χ3n) is 1.94. The van der Waals surface area contributed by atoms with Crippen molar-refractivity contribution in [2.45, 2.75) is 6.92 Å². The van der Waals surface area contributed by atoms with Crippen LogP contribution >= 0.6 is 11.6 Å². The molecule has 0 saturated heterocycles. The predicted molar refractivity (Wildman–Crippen MR) is 52.9 cm³/mol. The molecule has 0 unspecified atom stereocenters. The third kappa shape index (κ3) is 1.66. The molecule has 1 aromatic carbocycles. The summed E-state index contributed by atoms with van der Waals surface area (Å²) in [7, 11) is 0. The first-order valence-corrected chi connectivity index (χ1v) is 4.31. The molecule has 0 aromatic heterocycles. The van der Waals surface area contributed by atoms with Gasteiger partial charge in [0.25, 0.3) is 0 Å². The number of hydrogen-bond acceptors (Lipinski definition) is 4. The molecule has 76 valence electrons. The number of carbonyl (C=O) groups is 1. The molecule has 5 heteroatoms. The first kappa shape index (κ1) is 10.8. The highest BCUT2D eigenvalue weighted by molar-refractivity contribution is 6.32. The number of phenolic OH excluding ortho intramolecular Hbond substituents is 2. The summed E-state index contributed by atoms with van der Waals surface area (Å²) in [5.74, 6) is -1.35. The second-order valence-electron chi connectivity index (χ2n) is 2.85. The van der Waals surface area contributed by atoms with Gasteiger partial charge in [0.15, 0.2) is 17.3 Å². The SMILES string of the molecule is Cc1c(Cl)cc(O)c(O)c1C(=O)CN. The quantitative estimate of drug-likeness (QED) is 0.511. The number of aromatic hydroxyl groups is 2. The van der Waals surface area contributed by atoms with E-state index in [9.17, 15) is 15.0 Å². The van der Waals surface area contributed by atoms with Gasteiger partial charge in [0.05, 0.1) is 12.1 Å². The molecular weight excluding hydrogens is 206 g/mol. The third-order valence-corrected chi connectivity index (χ3v) is 2.33. The topological polar surface area (TPSA) is 83.5 Å². The molecule has 1 rings (SSSR count). The van der Waals surface area contributed by atoms with Crippen LogP contribution in [0.2, 0.25) is 5.02 Å². The van der Waals surface area contributed by atoms with Crippen LogP contribution in [0.1, 0.15) is 15.9 Å². The summed E-state index contributed by atoms with van der Waals surface area (Å²) in [4.78, 5) is 11.3. The minimum absolute atomic E-state index is 0.0162. The van der Waals surface area contributed by atoms with Gasteiger partial charge in [-0.1, -0.05) is 11.6 Å². The van der Waals surface area contributed by atoms with Gasteiger partial charge < -0.3 is 15.9 Å². The van der Waals surface area contributed by atoms with Crippen molar-refractivity contribution in [2.75, 3.05) is 6.54 Å². The van der Waals surface area contributed by atoms with E-state index in [1.807, 2.05) is 0 Å². The van der Waals surface area contributed by atoms with Crippen LogP contribution in [0.4, 0.5) is 0 Å². The molecule has 0 saturated carbocycles. The maximum atomic E-state index is 11.3. The summed E-state index contributed by atoms with van der Waals surface area (Å²) in [5.41, 5.74) is 5.55. The van der Waals surface area contributed by atoms with Gasteiger partial charge in [0.1, 0.15) is 0 Å². The molecule has 0 spiro atoms. The van der Waals surface area contributed by atoms with E-state index in [-0.39, 0.29) is 17.1 Å². The summed E-state index contributed by atoms with van der Waals surface area (Å²) in [5, 5.41) is 18.9. The van der Waals surface area contributed by atoms with Crippen LogP contribution in [0.3, 0.4) is 0 Å². The van der Waals surface area contributed by atoms with Gasteiger partial charge in [-0.2, -0.15) is 0 Å². The van der Waals surface area contributed by atoms with E-state index < -0.39 is 17.3 Å². The monoisotopic (exact) mass is 215 g/mol. The first-order valence-electron chi connectivity index (χ1n) is 3.93. The predicted octanol–water partition coefficient (Wildman–Crippen LogP) is 1.20. The number of nitrogens with two attached hydrogens (primary N) is 1. The molecule has 0 aliphatic carbocycles. The lowest BCUT2D eigenvalue weighted by atomic mass is 10.0. The molecule has 0 aliphatic rings. The fraction of sp³-hybridized carbons (Fsp3) is 0.222. The molecular formula is C9H10ClNO3. The Labute approximate surface area is 85.9 Å². The van der Waals surface area contributed by atoms with Crippen molar-refractivity contribution >= 4 is 17.4 Å². The molecule has 0 radical (unpaired) electrons. The summed E-state index contributed by atoms with van der Waals surface area (Å²) in [6.07, 6.45) is 0. The van der Waals surface area contributed by atoms with E-state index in [0.29, 0.717) is 5.56 Å². The van der Waals surface area contributed by atoms with E-state index in [4.69, 9.17) is 17.3 Å². The first-order chi connectivity index (χ1) is 6.49. The molecule has 0 amide bonds. The molecule has 0 atom stereocenters. The molecule has 4 N–H and O–H groups in total. The summed E-state index contributed by atoms with van der Waals surface area (Å²) < 4.78 is 0. The van der Waals surface area contributed by atoms with Gasteiger partial charge in [-0.15, -0.1) is 0 Å². The number of benzene rings is 1. The van der Waals surface area contributed by atoms with Crippen LogP contribution in [-0.4, -0.2) is 22.5 Å². The maximum Gasteiger partial charge on any atom is 0.180 e. The van der Waals surface area contributed by atoms with E-state index in [2.05, 4.69) is 0 Å². The average molecular weight is 216 g/mol. The van der Waals surface area contributed by atoms with Gasteiger partial charge in [-0.05, 0) is 12.5 Å². The van der Waals surface area contributed by atoms with E-state index in [0.717, 1.165) is 0 Å². The van der Waals surface area contributed by atoms with Crippen molar-refractivity contribution in [3.63, 3.8) is 0 Å². The summed E-state index contributed by atoms with van der Waals surface area (Å²) in [6, 6.07) is 1.18. The Morgan fingerprint density at radius 1 is 1.57 bits per heavy atom. The van der Waals surface area contributed by atoms with Gasteiger partial charge in [-0.3, -0.25) is 4.79 Å². The highest BCUT2D eigenvalue weighted by Crippen LogP contribution is 2.36. The van der Waals surface area contributed by atoms with Crippen LogP contribution < -0.4 is 5.73 Å². The zero-order valence-corrected chi connectivity index (χ0v) is 8.30. The lowest BCUT2D eigenvalue weighted by Crippen LogP contribution is -2.15. The number of halogens is 1. The molecule has 0 aliphatic heterocycles. The fourth-order valence-corrected chi connectivity index (χ4v) is 1.36. The van der Waals surface area contributed by atoms with E-state index >= 15 is 0 Å². The van der Waals surface area contributed by atoms with Crippen molar-refractivity contribution in [1.29, 1.82) is 0 Å². The Kier molecular flexibility index (Phi) is 2.98. The molecule has 0 heterocycles. The molecule has 0 fully saturated rings. The van der Waals surface area contributed by atoms with Crippen molar-refractivity contribution in [3.8, 4) is 11.5 Å². The smallest absolute Gasteiger partial charge is 0.180 e. The minimum atomic E-state index is -0.470. The number of hydrogen-bond donors (Lipinski definition) is 3. The zero-order valence-electron chi connectivity index (χ0n) is 7.54. The number of rotatable bonds is 2. The number of carbonyl (C=O) groups excluding carboxylic acids is 1. The second-order valence-corrected chi connectivity index (χ2v) is 3.26. The van der Waals surface area contributed by atoms with Crippen molar-refractivity contribution in [3.05, 3.63) is 22.2 Å². The van der Waals surface area contributed by atoms with Gasteiger partial charge in [-0.25, -0.2) is 0 Å². The molecule has 4 nitrogen and oxygen atoms in total. The second kappa shape index (κ2) is 3.86. The standard InChI is InChI=1S/C9H10ClNO3/c1-4-5(10)2-6(12)9(14)8(4)7(13)3-11/h2,12,14H,3,11H2,1H3. The average Bonchev–Trinajstić information content (AvgIpc) is 2.15.